The lowest BCUT2D eigenvalue weighted by Gasteiger charge is -2.31. The highest BCUT2D eigenvalue weighted by Gasteiger charge is 2.42. The van der Waals surface area contributed by atoms with Crippen molar-refractivity contribution in [3.63, 3.8) is 0 Å². The molecule has 0 spiro atoms. The number of halogens is 1. The normalized spacial score (nSPS) is 21.4. The van der Waals surface area contributed by atoms with Gasteiger partial charge in [0.25, 0.3) is 0 Å². The van der Waals surface area contributed by atoms with Gasteiger partial charge >= 0.3 is 6.09 Å². The lowest BCUT2D eigenvalue weighted by atomic mass is 10.2. The molecule has 0 aromatic carbocycles. The van der Waals surface area contributed by atoms with E-state index in [1.807, 2.05) is 37.8 Å². The zero-order valence-corrected chi connectivity index (χ0v) is 16.0. The van der Waals surface area contributed by atoms with Crippen molar-refractivity contribution >= 4 is 34.5 Å². The molecular formula is C16H23IN4O2. The number of hydrogen-bond donors (Lipinski definition) is 0. The van der Waals surface area contributed by atoms with E-state index in [9.17, 15) is 4.79 Å². The van der Waals surface area contributed by atoms with Crippen molar-refractivity contribution in [1.29, 1.82) is 0 Å². The van der Waals surface area contributed by atoms with Gasteiger partial charge in [0.1, 0.15) is 9.30 Å². The summed E-state index contributed by atoms with van der Waals surface area (Å²) < 4.78 is 6.49. The summed E-state index contributed by atoms with van der Waals surface area (Å²) in [5, 5.41) is 8.37. The zero-order chi connectivity index (χ0) is 16.6. The fraction of sp³-hybridized carbons (Fsp3) is 0.688. The van der Waals surface area contributed by atoms with E-state index in [1.54, 1.807) is 0 Å². The maximum Gasteiger partial charge on any atom is 0.410 e. The monoisotopic (exact) mass is 430 g/mol. The predicted molar refractivity (Wildman–Crippen MR) is 96.5 cm³/mol. The van der Waals surface area contributed by atoms with Crippen molar-refractivity contribution in [2.24, 2.45) is 0 Å². The Morgan fingerprint density at radius 3 is 2.57 bits per heavy atom. The van der Waals surface area contributed by atoms with Crippen LogP contribution in [0.2, 0.25) is 0 Å². The summed E-state index contributed by atoms with van der Waals surface area (Å²) in [6.07, 6.45) is 2.93. The van der Waals surface area contributed by atoms with Gasteiger partial charge in [0, 0.05) is 19.1 Å². The Kier molecular flexibility index (Phi) is 4.66. The third-order valence-electron chi connectivity index (χ3n) is 4.04. The molecule has 6 nitrogen and oxygen atoms in total. The highest BCUT2D eigenvalue weighted by Crippen LogP contribution is 2.33. The third-order valence-corrected chi connectivity index (χ3v) is 4.62. The summed E-state index contributed by atoms with van der Waals surface area (Å²) in [7, 11) is 0. The summed E-state index contributed by atoms with van der Waals surface area (Å²) >= 11 is 2.15. The third kappa shape index (κ3) is 4.24. The Hall–Kier alpha value is -1.12. The first-order chi connectivity index (χ1) is 10.8. The van der Waals surface area contributed by atoms with E-state index >= 15 is 0 Å². The molecule has 0 N–H and O–H groups in total. The molecule has 0 radical (unpaired) electrons. The van der Waals surface area contributed by atoms with Crippen LogP contribution in [0.5, 0.6) is 0 Å². The van der Waals surface area contributed by atoms with Crippen LogP contribution >= 0.6 is 22.6 Å². The maximum absolute atomic E-state index is 12.6. The molecule has 126 valence electrons. The lowest BCUT2D eigenvalue weighted by Crippen LogP contribution is -2.46. The number of rotatable bonds is 3. The first-order valence-corrected chi connectivity index (χ1v) is 9.17. The molecule has 1 aliphatic heterocycles. The van der Waals surface area contributed by atoms with Crippen molar-refractivity contribution < 1.29 is 9.53 Å². The van der Waals surface area contributed by atoms with Crippen LogP contribution < -0.4 is 4.90 Å². The van der Waals surface area contributed by atoms with E-state index < -0.39 is 5.60 Å². The second-order valence-electron chi connectivity index (χ2n) is 7.22. The van der Waals surface area contributed by atoms with Crippen molar-refractivity contribution in [3.8, 4) is 0 Å². The van der Waals surface area contributed by atoms with Gasteiger partial charge in [-0.1, -0.05) is 0 Å². The van der Waals surface area contributed by atoms with E-state index in [0.717, 1.165) is 41.9 Å². The van der Waals surface area contributed by atoms with Crippen LogP contribution in [0, 0.1) is 3.70 Å². The minimum absolute atomic E-state index is 0.180. The predicted octanol–water partition coefficient (Wildman–Crippen LogP) is 3.06. The van der Waals surface area contributed by atoms with E-state index in [0.29, 0.717) is 6.04 Å². The minimum Gasteiger partial charge on any atom is -0.444 e. The van der Waals surface area contributed by atoms with Crippen LogP contribution in [0.4, 0.5) is 10.6 Å². The molecule has 2 heterocycles. The first kappa shape index (κ1) is 16.7. The molecule has 1 aromatic heterocycles. The van der Waals surface area contributed by atoms with Gasteiger partial charge in [-0.15, -0.1) is 10.2 Å². The molecule has 3 rings (SSSR count). The molecule has 1 atom stereocenters. The Morgan fingerprint density at radius 2 is 2.00 bits per heavy atom. The van der Waals surface area contributed by atoms with E-state index in [1.165, 1.54) is 0 Å². The molecule has 1 amide bonds. The summed E-state index contributed by atoms with van der Waals surface area (Å²) in [4.78, 5) is 16.7. The Labute approximate surface area is 150 Å². The highest BCUT2D eigenvalue weighted by atomic mass is 127. The van der Waals surface area contributed by atoms with Crippen LogP contribution in [0.1, 0.15) is 40.0 Å². The van der Waals surface area contributed by atoms with Gasteiger partial charge < -0.3 is 14.5 Å². The second-order valence-corrected chi connectivity index (χ2v) is 8.33. The summed E-state index contributed by atoms with van der Waals surface area (Å²) in [6.45, 7) is 7.44. The Morgan fingerprint density at radius 1 is 1.26 bits per heavy atom. The van der Waals surface area contributed by atoms with Crippen molar-refractivity contribution in [3.05, 3.63) is 15.8 Å². The molecule has 7 heteroatoms. The fourth-order valence-corrected chi connectivity index (χ4v) is 3.21. The van der Waals surface area contributed by atoms with Gasteiger partial charge in [0.05, 0.1) is 6.04 Å². The van der Waals surface area contributed by atoms with Crippen molar-refractivity contribution in [2.45, 2.75) is 57.7 Å². The van der Waals surface area contributed by atoms with Crippen LogP contribution in [0.25, 0.3) is 0 Å². The molecule has 1 saturated carbocycles. The number of carbonyl (C=O) groups is 1. The average molecular weight is 430 g/mol. The molecule has 1 unspecified atom stereocenters. The van der Waals surface area contributed by atoms with Crippen LogP contribution in [-0.2, 0) is 4.74 Å². The van der Waals surface area contributed by atoms with Gasteiger partial charge in [0.2, 0.25) is 0 Å². The summed E-state index contributed by atoms with van der Waals surface area (Å²) in [5.74, 6) is 0.882. The van der Waals surface area contributed by atoms with Crippen LogP contribution in [0.15, 0.2) is 12.1 Å². The number of nitrogens with zero attached hydrogens (tertiary/aromatic N) is 4. The summed E-state index contributed by atoms with van der Waals surface area (Å²) in [6, 6.07) is 4.49. The smallest absolute Gasteiger partial charge is 0.410 e. The molecule has 2 fully saturated rings. The molecule has 0 bridgehead atoms. The Bertz CT molecular complexity index is 568. The molecule has 2 aliphatic rings. The second kappa shape index (κ2) is 6.41. The van der Waals surface area contributed by atoms with Crippen molar-refractivity contribution in [2.75, 3.05) is 18.0 Å². The standard InChI is InChI=1S/C16H23IN4O2/c1-16(2,3)23-15(22)21(11-4-5-11)12-8-9-20(10-12)14-7-6-13(17)18-19-14/h6-7,11-12H,4-5,8-10H2,1-3H3. The number of carbonyl (C=O) groups excluding carboxylic acids is 1. The average Bonchev–Trinajstić information content (AvgIpc) is 3.15. The maximum atomic E-state index is 12.6. The van der Waals surface area contributed by atoms with Crippen LogP contribution in [0.3, 0.4) is 0 Å². The SMILES string of the molecule is CC(C)(C)OC(=O)N(C1CC1)C1CCN(c2ccc(I)nn2)C1. The topological polar surface area (TPSA) is 58.6 Å². The molecule has 1 aromatic rings. The number of ether oxygens (including phenoxy) is 1. The van der Waals surface area contributed by atoms with Gasteiger partial charge in [-0.25, -0.2) is 4.79 Å². The lowest BCUT2D eigenvalue weighted by molar-refractivity contribution is 0.0158. The molecule has 1 aliphatic carbocycles. The van der Waals surface area contributed by atoms with Gasteiger partial charge in [-0.3, -0.25) is 0 Å². The van der Waals surface area contributed by atoms with E-state index in [-0.39, 0.29) is 12.1 Å². The number of hydrogen-bond acceptors (Lipinski definition) is 5. The fourth-order valence-electron chi connectivity index (χ4n) is 2.92. The van der Waals surface area contributed by atoms with Crippen molar-refractivity contribution in [1.82, 2.24) is 15.1 Å². The molecule has 1 saturated heterocycles. The van der Waals surface area contributed by atoms with Crippen LogP contribution in [-0.4, -0.2) is 52.0 Å². The zero-order valence-electron chi connectivity index (χ0n) is 13.8. The first-order valence-electron chi connectivity index (χ1n) is 8.09. The van der Waals surface area contributed by atoms with Gasteiger partial charge in [-0.05, 0) is 74.8 Å². The number of anilines is 1. The number of amides is 1. The molecule has 23 heavy (non-hydrogen) atoms. The minimum atomic E-state index is -0.454. The Balaban J connectivity index is 1.68. The van der Waals surface area contributed by atoms with E-state index in [2.05, 4.69) is 37.7 Å². The molecular weight excluding hydrogens is 407 g/mol. The summed E-state index contributed by atoms with van der Waals surface area (Å²) in [5.41, 5.74) is -0.454. The van der Waals surface area contributed by atoms with Gasteiger partial charge in [0.15, 0.2) is 5.82 Å². The van der Waals surface area contributed by atoms with Gasteiger partial charge in [-0.2, -0.15) is 0 Å². The highest BCUT2D eigenvalue weighted by molar-refractivity contribution is 14.1. The quantitative estimate of drug-likeness (QED) is 0.691. The largest absolute Gasteiger partial charge is 0.444 e. The number of aromatic nitrogens is 2. The van der Waals surface area contributed by atoms with E-state index in [4.69, 9.17) is 4.74 Å².